The Bertz CT molecular complexity index is 375. The number of aromatic carboxylic acids is 1. The van der Waals surface area contributed by atoms with Crippen LogP contribution in [-0.4, -0.2) is 11.1 Å². The summed E-state index contributed by atoms with van der Waals surface area (Å²) in [6.07, 6.45) is 0. The Hall–Kier alpha value is -2.11. The third kappa shape index (κ3) is 1.28. The highest BCUT2D eigenvalue weighted by molar-refractivity contribution is 6.02. The van der Waals surface area contributed by atoms with Crippen molar-refractivity contribution < 1.29 is 9.90 Å². The second kappa shape index (κ2) is 2.74. The van der Waals surface area contributed by atoms with Crippen LogP contribution in [0.4, 0.5) is 22.7 Å². The summed E-state index contributed by atoms with van der Waals surface area (Å²) >= 11 is 0. The van der Waals surface area contributed by atoms with Gasteiger partial charge >= 0.3 is 5.97 Å². The fourth-order valence-electron chi connectivity index (χ4n) is 0.934. The molecule has 0 radical (unpaired) electrons. The van der Waals surface area contributed by atoms with Crippen molar-refractivity contribution in [2.75, 3.05) is 22.9 Å². The van der Waals surface area contributed by atoms with Crippen molar-refractivity contribution in [2.45, 2.75) is 0 Å². The topological polar surface area (TPSA) is 141 Å². The number of nitrogen functional groups attached to an aromatic ring is 4. The Morgan fingerprint density at radius 2 is 1.62 bits per heavy atom. The highest BCUT2D eigenvalue weighted by Crippen LogP contribution is 2.31. The van der Waals surface area contributed by atoms with E-state index in [0.29, 0.717) is 0 Å². The third-order valence-corrected chi connectivity index (χ3v) is 1.71. The summed E-state index contributed by atoms with van der Waals surface area (Å²) < 4.78 is 0. The van der Waals surface area contributed by atoms with Gasteiger partial charge in [-0.3, -0.25) is 0 Å². The van der Waals surface area contributed by atoms with Crippen molar-refractivity contribution in [3.8, 4) is 0 Å². The SMILES string of the molecule is Nc1cc(C(=O)O)c(N)c(N)c1N. The molecule has 0 bridgehead atoms. The molecule has 0 saturated heterocycles. The van der Waals surface area contributed by atoms with Crippen LogP contribution in [-0.2, 0) is 0 Å². The first-order valence-corrected chi connectivity index (χ1v) is 3.41. The molecule has 0 aliphatic heterocycles. The van der Waals surface area contributed by atoms with Crippen molar-refractivity contribution in [3.63, 3.8) is 0 Å². The van der Waals surface area contributed by atoms with Crippen molar-refractivity contribution >= 4 is 28.7 Å². The monoisotopic (exact) mass is 182 g/mol. The molecule has 0 fully saturated rings. The number of hydrogen-bond acceptors (Lipinski definition) is 5. The van der Waals surface area contributed by atoms with E-state index in [0.717, 1.165) is 0 Å². The fourth-order valence-corrected chi connectivity index (χ4v) is 0.934. The zero-order valence-electron chi connectivity index (χ0n) is 6.74. The zero-order valence-corrected chi connectivity index (χ0v) is 6.74. The first kappa shape index (κ1) is 8.98. The van der Waals surface area contributed by atoms with Crippen molar-refractivity contribution in [1.29, 1.82) is 0 Å². The molecule has 0 aromatic heterocycles. The Morgan fingerprint density at radius 3 is 2.08 bits per heavy atom. The van der Waals surface area contributed by atoms with Crippen LogP contribution < -0.4 is 22.9 Å². The number of rotatable bonds is 1. The molecule has 0 aliphatic rings. The van der Waals surface area contributed by atoms with Crippen LogP contribution in [0.5, 0.6) is 0 Å². The number of carbonyl (C=O) groups is 1. The average molecular weight is 182 g/mol. The second-order valence-electron chi connectivity index (χ2n) is 2.56. The zero-order chi connectivity index (χ0) is 10.2. The van der Waals surface area contributed by atoms with Crippen LogP contribution in [0.25, 0.3) is 0 Å². The van der Waals surface area contributed by atoms with Crippen LogP contribution in [0.2, 0.25) is 0 Å². The molecule has 6 nitrogen and oxygen atoms in total. The quantitative estimate of drug-likeness (QED) is 0.378. The molecular formula is C7H10N4O2. The Balaban J connectivity index is 3.50. The molecule has 6 heteroatoms. The smallest absolute Gasteiger partial charge is 0.337 e. The maximum absolute atomic E-state index is 10.6. The Kier molecular flexibility index (Phi) is 1.89. The highest BCUT2D eigenvalue weighted by atomic mass is 16.4. The van der Waals surface area contributed by atoms with Crippen LogP contribution in [0, 0.1) is 0 Å². The Morgan fingerprint density at radius 1 is 1.08 bits per heavy atom. The van der Waals surface area contributed by atoms with E-state index in [1.807, 2.05) is 0 Å². The van der Waals surface area contributed by atoms with Crippen LogP contribution in [0.3, 0.4) is 0 Å². The first-order valence-electron chi connectivity index (χ1n) is 3.41. The fraction of sp³-hybridized carbons (Fsp3) is 0. The minimum Gasteiger partial charge on any atom is -0.478 e. The van der Waals surface area contributed by atoms with Gasteiger partial charge in [-0.15, -0.1) is 0 Å². The van der Waals surface area contributed by atoms with Gasteiger partial charge in [-0.05, 0) is 6.07 Å². The number of nitrogens with two attached hydrogens (primary N) is 4. The van der Waals surface area contributed by atoms with Crippen LogP contribution in [0.1, 0.15) is 10.4 Å². The number of carboxylic acid groups (broad SMARTS) is 1. The number of anilines is 4. The summed E-state index contributed by atoms with van der Waals surface area (Å²) in [6.45, 7) is 0. The number of benzene rings is 1. The summed E-state index contributed by atoms with van der Waals surface area (Å²) in [5.41, 5.74) is 21.7. The predicted octanol–water partition coefficient (Wildman–Crippen LogP) is -0.286. The third-order valence-electron chi connectivity index (χ3n) is 1.71. The molecule has 0 atom stereocenters. The van der Waals surface area contributed by atoms with E-state index in [9.17, 15) is 4.79 Å². The number of carboxylic acids is 1. The van der Waals surface area contributed by atoms with Gasteiger partial charge < -0.3 is 28.0 Å². The first-order chi connectivity index (χ1) is 5.95. The second-order valence-corrected chi connectivity index (χ2v) is 2.56. The van der Waals surface area contributed by atoms with Gasteiger partial charge in [0.1, 0.15) is 0 Å². The Labute approximate surface area is 74.1 Å². The molecule has 0 amide bonds. The maximum atomic E-state index is 10.6. The summed E-state index contributed by atoms with van der Waals surface area (Å²) in [5.74, 6) is -1.18. The molecule has 0 spiro atoms. The molecule has 13 heavy (non-hydrogen) atoms. The molecule has 1 aromatic carbocycles. The molecule has 9 N–H and O–H groups in total. The summed E-state index contributed by atoms with van der Waals surface area (Å²) in [5, 5.41) is 8.67. The van der Waals surface area contributed by atoms with Crippen molar-refractivity contribution in [2.24, 2.45) is 0 Å². The van der Waals surface area contributed by atoms with E-state index in [2.05, 4.69) is 0 Å². The summed E-state index contributed by atoms with van der Waals surface area (Å²) in [4.78, 5) is 10.6. The summed E-state index contributed by atoms with van der Waals surface area (Å²) in [7, 11) is 0. The van der Waals surface area contributed by atoms with Gasteiger partial charge in [0, 0.05) is 0 Å². The van der Waals surface area contributed by atoms with Gasteiger partial charge in [0.15, 0.2) is 0 Å². The lowest BCUT2D eigenvalue weighted by Gasteiger charge is -2.09. The van der Waals surface area contributed by atoms with Crippen LogP contribution in [0.15, 0.2) is 6.07 Å². The molecule has 0 saturated carbocycles. The molecule has 0 heterocycles. The molecule has 70 valence electrons. The van der Waals surface area contributed by atoms with Gasteiger partial charge in [-0.2, -0.15) is 0 Å². The van der Waals surface area contributed by atoms with E-state index in [1.54, 1.807) is 0 Å². The molecule has 0 unspecified atom stereocenters. The van der Waals surface area contributed by atoms with Gasteiger partial charge in [0.25, 0.3) is 0 Å². The van der Waals surface area contributed by atoms with Gasteiger partial charge in [0.2, 0.25) is 0 Å². The van der Waals surface area contributed by atoms with Gasteiger partial charge in [-0.1, -0.05) is 0 Å². The van der Waals surface area contributed by atoms with E-state index in [4.69, 9.17) is 28.0 Å². The molecular weight excluding hydrogens is 172 g/mol. The molecule has 1 aromatic rings. The minimum absolute atomic E-state index is 0.0115. The average Bonchev–Trinajstić information content (AvgIpc) is 2.07. The standard InChI is InChI=1S/C7H10N4O2/c8-3-1-2(7(12)13)4(9)6(11)5(3)10/h1H,8-11H2,(H,12,13). The molecule has 0 aliphatic carbocycles. The number of hydrogen-bond donors (Lipinski definition) is 5. The van der Waals surface area contributed by atoms with Crippen molar-refractivity contribution in [3.05, 3.63) is 11.6 Å². The van der Waals surface area contributed by atoms with E-state index in [1.165, 1.54) is 6.07 Å². The normalized spacial score (nSPS) is 9.85. The predicted molar refractivity (Wildman–Crippen MR) is 51.1 cm³/mol. The maximum Gasteiger partial charge on any atom is 0.337 e. The van der Waals surface area contributed by atoms with E-state index in [-0.39, 0.29) is 28.3 Å². The minimum atomic E-state index is -1.18. The van der Waals surface area contributed by atoms with Crippen LogP contribution >= 0.6 is 0 Å². The lowest BCUT2D eigenvalue weighted by molar-refractivity contribution is 0.0698. The van der Waals surface area contributed by atoms with Gasteiger partial charge in [-0.25, -0.2) is 4.79 Å². The lowest BCUT2D eigenvalue weighted by atomic mass is 10.1. The van der Waals surface area contributed by atoms with E-state index >= 15 is 0 Å². The largest absolute Gasteiger partial charge is 0.478 e. The summed E-state index contributed by atoms with van der Waals surface area (Å²) in [6, 6.07) is 1.18. The van der Waals surface area contributed by atoms with Crippen molar-refractivity contribution in [1.82, 2.24) is 0 Å². The van der Waals surface area contributed by atoms with Gasteiger partial charge in [0.05, 0.1) is 28.3 Å². The molecule has 1 rings (SSSR count). The van der Waals surface area contributed by atoms with E-state index < -0.39 is 5.97 Å². The highest BCUT2D eigenvalue weighted by Gasteiger charge is 2.14. The lowest BCUT2D eigenvalue weighted by Crippen LogP contribution is -2.10.